The van der Waals surface area contributed by atoms with Crippen molar-refractivity contribution in [3.8, 4) is 11.5 Å². The van der Waals surface area contributed by atoms with E-state index >= 15 is 0 Å². The first kappa shape index (κ1) is 13.1. The van der Waals surface area contributed by atoms with E-state index in [1.807, 2.05) is 30.3 Å². The minimum atomic E-state index is 0.449. The van der Waals surface area contributed by atoms with Crippen LogP contribution < -0.4 is 10.5 Å². The summed E-state index contributed by atoms with van der Waals surface area (Å²) in [7, 11) is 0. The quantitative estimate of drug-likeness (QED) is 0.916. The largest absolute Gasteiger partial charge is 0.457 e. The Morgan fingerprint density at radius 2 is 1.94 bits per heavy atom. The maximum atomic E-state index is 5.91. The summed E-state index contributed by atoms with van der Waals surface area (Å²) in [4.78, 5) is 0. The lowest BCUT2D eigenvalue weighted by atomic mass is 10.1. The van der Waals surface area contributed by atoms with Gasteiger partial charge in [0, 0.05) is 16.6 Å². The van der Waals surface area contributed by atoms with Gasteiger partial charge < -0.3 is 10.5 Å². The third kappa shape index (κ3) is 2.92. The van der Waals surface area contributed by atoms with Gasteiger partial charge in [-0.15, -0.1) is 0 Å². The van der Waals surface area contributed by atoms with E-state index in [-0.39, 0.29) is 0 Å². The summed E-state index contributed by atoms with van der Waals surface area (Å²) in [5.74, 6) is 1.65. The molecule has 0 fully saturated rings. The first-order valence-corrected chi connectivity index (χ1v) is 6.78. The molecule has 0 spiro atoms. The molecule has 0 unspecified atom stereocenters. The summed E-state index contributed by atoms with van der Waals surface area (Å²) in [6, 6.07) is 14.0. The third-order valence-electron chi connectivity index (χ3n) is 2.81. The summed E-state index contributed by atoms with van der Waals surface area (Å²) in [6.07, 6.45) is 0.999. The molecular weight excluding hydrogens is 290 g/mol. The lowest BCUT2D eigenvalue weighted by Crippen LogP contribution is -2.00. The Kier molecular flexibility index (Phi) is 4.39. The zero-order valence-electron chi connectivity index (χ0n) is 10.3. The molecule has 18 heavy (non-hydrogen) atoms. The van der Waals surface area contributed by atoms with Crippen molar-refractivity contribution in [3.05, 3.63) is 58.1 Å². The van der Waals surface area contributed by atoms with E-state index in [1.54, 1.807) is 0 Å². The van der Waals surface area contributed by atoms with Crippen LogP contribution in [-0.2, 0) is 13.0 Å². The standard InChI is InChI=1S/C15H16BrNO/c1-2-11-5-3-6-12(9-11)18-15-8-4-7-14(16)13(15)10-17/h3-9H,2,10,17H2,1H3. The van der Waals surface area contributed by atoms with Crippen LogP contribution in [0.2, 0.25) is 0 Å². The third-order valence-corrected chi connectivity index (χ3v) is 3.56. The van der Waals surface area contributed by atoms with Gasteiger partial charge >= 0.3 is 0 Å². The molecule has 0 atom stereocenters. The molecule has 0 aliphatic heterocycles. The van der Waals surface area contributed by atoms with Crippen molar-refractivity contribution in [2.75, 3.05) is 0 Å². The molecule has 0 saturated heterocycles. The predicted molar refractivity (Wildman–Crippen MR) is 77.9 cm³/mol. The topological polar surface area (TPSA) is 35.2 Å². The number of hydrogen-bond acceptors (Lipinski definition) is 2. The second kappa shape index (κ2) is 6.03. The van der Waals surface area contributed by atoms with Crippen molar-refractivity contribution in [2.45, 2.75) is 19.9 Å². The van der Waals surface area contributed by atoms with Gasteiger partial charge in [0.1, 0.15) is 11.5 Å². The average molecular weight is 306 g/mol. The highest BCUT2D eigenvalue weighted by Crippen LogP contribution is 2.30. The van der Waals surface area contributed by atoms with E-state index in [0.29, 0.717) is 6.54 Å². The van der Waals surface area contributed by atoms with Crippen LogP contribution in [0.5, 0.6) is 11.5 Å². The molecular formula is C15H16BrNO. The van der Waals surface area contributed by atoms with Crippen LogP contribution in [0.15, 0.2) is 46.9 Å². The Morgan fingerprint density at radius 1 is 1.17 bits per heavy atom. The monoisotopic (exact) mass is 305 g/mol. The zero-order valence-corrected chi connectivity index (χ0v) is 11.9. The molecule has 94 valence electrons. The van der Waals surface area contributed by atoms with E-state index in [0.717, 1.165) is 28.0 Å². The molecule has 0 aliphatic carbocycles. The Hall–Kier alpha value is -1.32. The summed E-state index contributed by atoms with van der Waals surface area (Å²) < 4.78 is 6.89. The Bertz CT molecular complexity index is 540. The molecule has 0 heterocycles. The smallest absolute Gasteiger partial charge is 0.133 e. The Balaban J connectivity index is 2.30. The average Bonchev–Trinajstić information content (AvgIpc) is 2.39. The molecule has 0 aliphatic rings. The highest BCUT2D eigenvalue weighted by Gasteiger charge is 2.07. The van der Waals surface area contributed by atoms with Crippen LogP contribution in [0.3, 0.4) is 0 Å². The van der Waals surface area contributed by atoms with Crippen molar-refractivity contribution in [1.82, 2.24) is 0 Å². The van der Waals surface area contributed by atoms with Crippen LogP contribution in [-0.4, -0.2) is 0 Å². The van der Waals surface area contributed by atoms with Crippen LogP contribution in [0.25, 0.3) is 0 Å². The predicted octanol–water partition coefficient (Wildman–Crippen LogP) is 4.26. The molecule has 0 aromatic heterocycles. The molecule has 2 aromatic rings. The van der Waals surface area contributed by atoms with Gasteiger partial charge in [-0.2, -0.15) is 0 Å². The zero-order chi connectivity index (χ0) is 13.0. The van der Waals surface area contributed by atoms with Gasteiger partial charge in [0.2, 0.25) is 0 Å². The fraction of sp³-hybridized carbons (Fsp3) is 0.200. The SMILES string of the molecule is CCc1cccc(Oc2cccc(Br)c2CN)c1. The molecule has 0 amide bonds. The maximum Gasteiger partial charge on any atom is 0.133 e. The van der Waals surface area contributed by atoms with E-state index in [2.05, 4.69) is 35.0 Å². The number of benzene rings is 2. The maximum absolute atomic E-state index is 5.91. The lowest BCUT2D eigenvalue weighted by Gasteiger charge is -2.12. The minimum absolute atomic E-state index is 0.449. The summed E-state index contributed by atoms with van der Waals surface area (Å²) in [5, 5.41) is 0. The van der Waals surface area contributed by atoms with Crippen LogP contribution in [0.4, 0.5) is 0 Å². The highest BCUT2D eigenvalue weighted by molar-refractivity contribution is 9.10. The second-order valence-corrected chi connectivity index (χ2v) is 4.88. The summed E-state index contributed by atoms with van der Waals surface area (Å²) >= 11 is 3.49. The van der Waals surface area contributed by atoms with Crippen molar-refractivity contribution < 1.29 is 4.74 Å². The highest BCUT2D eigenvalue weighted by atomic mass is 79.9. The van der Waals surface area contributed by atoms with E-state index in [1.165, 1.54) is 5.56 Å². The summed E-state index contributed by atoms with van der Waals surface area (Å²) in [6.45, 7) is 2.58. The Labute approximate surface area is 116 Å². The minimum Gasteiger partial charge on any atom is -0.457 e. The number of hydrogen-bond donors (Lipinski definition) is 1. The number of halogens is 1. The van der Waals surface area contributed by atoms with Gasteiger partial charge in [-0.1, -0.05) is 41.1 Å². The van der Waals surface area contributed by atoms with Crippen molar-refractivity contribution >= 4 is 15.9 Å². The summed E-state index contributed by atoms with van der Waals surface area (Å²) in [5.41, 5.74) is 8.00. The molecule has 0 saturated carbocycles. The van der Waals surface area contributed by atoms with Crippen LogP contribution in [0.1, 0.15) is 18.1 Å². The van der Waals surface area contributed by atoms with E-state index in [9.17, 15) is 0 Å². The van der Waals surface area contributed by atoms with Gasteiger partial charge in [-0.25, -0.2) is 0 Å². The van der Waals surface area contributed by atoms with Gasteiger partial charge in [0.15, 0.2) is 0 Å². The second-order valence-electron chi connectivity index (χ2n) is 4.02. The van der Waals surface area contributed by atoms with Crippen molar-refractivity contribution in [3.63, 3.8) is 0 Å². The molecule has 0 bridgehead atoms. The first-order chi connectivity index (χ1) is 8.74. The van der Waals surface area contributed by atoms with Gasteiger partial charge in [0.25, 0.3) is 0 Å². The first-order valence-electron chi connectivity index (χ1n) is 5.99. The van der Waals surface area contributed by atoms with E-state index in [4.69, 9.17) is 10.5 Å². The fourth-order valence-corrected chi connectivity index (χ4v) is 2.30. The molecule has 2 aromatic carbocycles. The molecule has 2 rings (SSSR count). The van der Waals surface area contributed by atoms with Crippen LogP contribution in [0, 0.1) is 0 Å². The van der Waals surface area contributed by atoms with Gasteiger partial charge in [-0.3, -0.25) is 0 Å². The van der Waals surface area contributed by atoms with Crippen LogP contribution >= 0.6 is 15.9 Å². The number of aryl methyl sites for hydroxylation is 1. The molecule has 2 nitrogen and oxygen atoms in total. The van der Waals surface area contributed by atoms with Crippen molar-refractivity contribution in [2.24, 2.45) is 5.73 Å². The fourth-order valence-electron chi connectivity index (χ4n) is 1.79. The van der Waals surface area contributed by atoms with Gasteiger partial charge in [0.05, 0.1) is 0 Å². The molecule has 0 radical (unpaired) electrons. The molecule has 3 heteroatoms. The number of nitrogens with two attached hydrogens (primary N) is 1. The van der Waals surface area contributed by atoms with Gasteiger partial charge in [-0.05, 0) is 36.2 Å². The number of rotatable bonds is 4. The van der Waals surface area contributed by atoms with Crippen molar-refractivity contribution in [1.29, 1.82) is 0 Å². The Morgan fingerprint density at radius 3 is 2.67 bits per heavy atom. The number of ether oxygens (including phenoxy) is 1. The lowest BCUT2D eigenvalue weighted by molar-refractivity contribution is 0.475. The normalized spacial score (nSPS) is 10.4. The van der Waals surface area contributed by atoms with E-state index < -0.39 is 0 Å². The molecule has 2 N–H and O–H groups in total.